The fourth-order valence-corrected chi connectivity index (χ4v) is 7.79. The summed E-state index contributed by atoms with van der Waals surface area (Å²) in [6.45, 7) is 1.36. The molecule has 0 aromatic heterocycles. The molecule has 1 aliphatic heterocycles. The first-order valence-electron chi connectivity index (χ1n) is 19.3. The highest BCUT2D eigenvalue weighted by Gasteiger charge is 2.29. The molecule has 2 N–H and O–H groups in total. The number of aliphatic imine (C=N–C) groups is 1. The first-order chi connectivity index (χ1) is 27.1. The van der Waals surface area contributed by atoms with E-state index >= 15 is 0 Å². The van der Waals surface area contributed by atoms with Gasteiger partial charge >= 0.3 is 6.09 Å². The van der Waals surface area contributed by atoms with Gasteiger partial charge in [-0.25, -0.2) is 4.79 Å². The van der Waals surface area contributed by atoms with E-state index in [1.165, 1.54) is 33.2 Å². The van der Waals surface area contributed by atoms with E-state index in [0.717, 1.165) is 59.3 Å². The molecule has 7 heteroatoms. The van der Waals surface area contributed by atoms with Crippen LogP contribution in [0.1, 0.15) is 59.4 Å². The number of alkyl carbamates (subject to hydrolysis) is 1. The Morgan fingerprint density at radius 1 is 0.673 bits per heavy atom. The number of carbonyl (C=O) groups excluding carboxylic acids is 2. The molecule has 0 fully saturated rings. The molecule has 1 aliphatic carbocycles. The topological polar surface area (TPSA) is 89.0 Å². The predicted octanol–water partition coefficient (Wildman–Crippen LogP) is 9.91. The van der Waals surface area contributed by atoms with Crippen LogP contribution in [0, 0.1) is 0 Å². The van der Waals surface area contributed by atoms with E-state index in [2.05, 4.69) is 77.4 Å². The molecule has 1 heterocycles. The third kappa shape index (κ3) is 8.47. The van der Waals surface area contributed by atoms with Crippen LogP contribution in [0.2, 0.25) is 0 Å². The largest absolute Gasteiger partial charge is 0.493 e. The lowest BCUT2D eigenvalue weighted by Gasteiger charge is -2.15. The standard InChI is InChI=1S/C48H45N3O4/c52-47-46(30-34-22-23-35-15-6-7-16-36(35)29-34)50-44(42-31-37(24-25-45(42)51-47)54-28-26-33-13-3-1-4-14-33)21-5-2-12-27-49-48(53)55-32-43-40-19-10-8-17-38(40)39-18-9-11-20-41(39)43/h1,3-4,6-11,13-20,22-25,29,31,43,46H,2,5,12,21,26-28,30,32H2,(H,49,53)(H,51,52)/t46-/m1/s1. The van der Waals surface area contributed by atoms with Gasteiger partial charge < -0.3 is 20.1 Å². The molecule has 0 bridgehead atoms. The molecule has 0 radical (unpaired) electrons. The fraction of sp³-hybridized carbons (Fsp3) is 0.229. The summed E-state index contributed by atoms with van der Waals surface area (Å²) in [6.07, 6.45) is 4.11. The molecule has 55 heavy (non-hydrogen) atoms. The Morgan fingerprint density at radius 3 is 2.20 bits per heavy atom. The molecule has 7 nitrogen and oxygen atoms in total. The van der Waals surface area contributed by atoms with Crippen LogP contribution in [0.4, 0.5) is 10.5 Å². The van der Waals surface area contributed by atoms with Crippen LogP contribution < -0.4 is 15.4 Å². The number of hydrogen-bond acceptors (Lipinski definition) is 5. The molecule has 1 atom stereocenters. The molecule has 0 saturated carbocycles. The van der Waals surface area contributed by atoms with Gasteiger partial charge in [-0.15, -0.1) is 0 Å². The summed E-state index contributed by atoms with van der Waals surface area (Å²) in [5.41, 5.74) is 9.62. The summed E-state index contributed by atoms with van der Waals surface area (Å²) < 4.78 is 11.9. The zero-order chi connectivity index (χ0) is 37.4. The van der Waals surface area contributed by atoms with Crippen molar-refractivity contribution in [3.05, 3.63) is 167 Å². The van der Waals surface area contributed by atoms with Crippen molar-refractivity contribution in [3.8, 4) is 16.9 Å². The molecule has 2 amide bonds. The molecule has 6 aromatic carbocycles. The summed E-state index contributed by atoms with van der Waals surface area (Å²) >= 11 is 0. The van der Waals surface area contributed by atoms with Crippen molar-refractivity contribution < 1.29 is 19.1 Å². The van der Waals surface area contributed by atoms with Crippen LogP contribution in [0.5, 0.6) is 5.75 Å². The summed E-state index contributed by atoms with van der Waals surface area (Å²) in [6, 6.07) is 46.9. The second kappa shape index (κ2) is 16.9. The highest BCUT2D eigenvalue weighted by atomic mass is 16.5. The number of amides is 2. The zero-order valence-corrected chi connectivity index (χ0v) is 30.9. The molecule has 6 aromatic rings. The minimum atomic E-state index is -0.568. The number of rotatable bonds is 14. The molecule has 8 rings (SSSR count). The Balaban J connectivity index is 0.895. The number of nitrogens with zero attached hydrogens (tertiary/aromatic N) is 1. The van der Waals surface area contributed by atoms with Crippen molar-refractivity contribution in [1.29, 1.82) is 0 Å². The number of benzene rings is 6. The van der Waals surface area contributed by atoms with Crippen molar-refractivity contribution in [2.75, 3.05) is 25.1 Å². The van der Waals surface area contributed by atoms with E-state index in [-0.39, 0.29) is 11.8 Å². The lowest BCUT2D eigenvalue weighted by Crippen LogP contribution is -2.27. The van der Waals surface area contributed by atoms with Gasteiger partial charge in [-0.2, -0.15) is 0 Å². The maximum absolute atomic E-state index is 13.6. The quantitative estimate of drug-likeness (QED) is 0.109. The van der Waals surface area contributed by atoms with Gasteiger partial charge in [-0.05, 0) is 81.6 Å². The molecular weight excluding hydrogens is 683 g/mol. The van der Waals surface area contributed by atoms with Crippen LogP contribution in [-0.4, -0.2) is 43.5 Å². The van der Waals surface area contributed by atoms with Gasteiger partial charge in [-0.3, -0.25) is 9.79 Å². The highest BCUT2D eigenvalue weighted by molar-refractivity contribution is 6.12. The third-order valence-electron chi connectivity index (χ3n) is 10.6. The molecule has 2 aliphatic rings. The summed E-state index contributed by atoms with van der Waals surface area (Å²) in [4.78, 5) is 31.5. The fourth-order valence-electron chi connectivity index (χ4n) is 7.79. The normalized spacial score (nSPS) is 14.6. The highest BCUT2D eigenvalue weighted by Crippen LogP contribution is 2.44. The van der Waals surface area contributed by atoms with Gasteiger partial charge in [0.05, 0.1) is 12.3 Å². The monoisotopic (exact) mass is 727 g/mol. The predicted molar refractivity (Wildman–Crippen MR) is 220 cm³/mol. The number of unbranched alkanes of at least 4 members (excludes halogenated alkanes) is 2. The molecule has 0 saturated heterocycles. The maximum atomic E-state index is 13.6. The lowest BCUT2D eigenvalue weighted by molar-refractivity contribution is -0.117. The molecular formula is C48H45N3O4. The average Bonchev–Trinajstić information content (AvgIpc) is 3.47. The van der Waals surface area contributed by atoms with Crippen LogP contribution in [-0.2, 0) is 22.4 Å². The third-order valence-corrected chi connectivity index (χ3v) is 10.6. The van der Waals surface area contributed by atoms with E-state index in [1.54, 1.807) is 0 Å². The SMILES string of the molecule is O=C(NCCCCCC1=N[C@H](Cc2ccc3ccccc3c2)C(=O)Nc2ccc(OCCc3ccccc3)cc21)OCC1c2ccccc2-c2ccccc21. The van der Waals surface area contributed by atoms with Crippen molar-refractivity contribution >= 4 is 34.2 Å². The number of nitrogens with one attached hydrogen (secondary N) is 2. The van der Waals surface area contributed by atoms with E-state index in [4.69, 9.17) is 14.5 Å². The van der Waals surface area contributed by atoms with Crippen molar-refractivity contribution in [2.24, 2.45) is 4.99 Å². The second-order valence-electron chi connectivity index (χ2n) is 14.3. The number of fused-ring (bicyclic) bond motifs is 5. The number of carbonyl (C=O) groups is 2. The number of ether oxygens (including phenoxy) is 2. The summed E-state index contributed by atoms with van der Waals surface area (Å²) in [5, 5.41) is 8.42. The molecule has 0 spiro atoms. The van der Waals surface area contributed by atoms with Crippen LogP contribution in [0.25, 0.3) is 21.9 Å². The van der Waals surface area contributed by atoms with Gasteiger partial charge in [0.2, 0.25) is 5.91 Å². The van der Waals surface area contributed by atoms with Crippen LogP contribution in [0.15, 0.2) is 145 Å². The van der Waals surface area contributed by atoms with Gasteiger partial charge in [0.25, 0.3) is 0 Å². The Labute approximate surface area is 322 Å². The zero-order valence-electron chi connectivity index (χ0n) is 30.9. The number of benzodiazepines with no additional fused rings is 1. The van der Waals surface area contributed by atoms with Gasteiger partial charge in [0.15, 0.2) is 0 Å². The Morgan fingerprint density at radius 2 is 1.40 bits per heavy atom. The number of anilines is 1. The summed E-state index contributed by atoms with van der Waals surface area (Å²) in [7, 11) is 0. The Bertz CT molecular complexity index is 2290. The van der Waals surface area contributed by atoms with Crippen molar-refractivity contribution in [1.82, 2.24) is 5.32 Å². The number of hydrogen-bond donors (Lipinski definition) is 2. The lowest BCUT2D eigenvalue weighted by atomic mass is 9.98. The second-order valence-corrected chi connectivity index (χ2v) is 14.3. The van der Waals surface area contributed by atoms with E-state index in [1.807, 2.05) is 72.8 Å². The first kappa shape index (κ1) is 35.8. The molecule has 0 unspecified atom stereocenters. The smallest absolute Gasteiger partial charge is 0.407 e. The van der Waals surface area contributed by atoms with E-state index < -0.39 is 12.1 Å². The maximum Gasteiger partial charge on any atom is 0.407 e. The van der Waals surface area contributed by atoms with Crippen LogP contribution in [0.3, 0.4) is 0 Å². The molecule has 276 valence electrons. The first-order valence-corrected chi connectivity index (χ1v) is 19.3. The minimum absolute atomic E-state index is 0.0302. The Hall–Kier alpha value is -6.21. The summed E-state index contributed by atoms with van der Waals surface area (Å²) in [5.74, 6) is 0.661. The van der Waals surface area contributed by atoms with E-state index in [0.29, 0.717) is 32.6 Å². The van der Waals surface area contributed by atoms with E-state index in [9.17, 15) is 9.59 Å². The van der Waals surface area contributed by atoms with Crippen molar-refractivity contribution in [2.45, 2.75) is 50.5 Å². The Kier molecular flexibility index (Phi) is 11.0. The van der Waals surface area contributed by atoms with Gasteiger partial charge in [0.1, 0.15) is 18.4 Å². The van der Waals surface area contributed by atoms with Crippen LogP contribution >= 0.6 is 0 Å². The van der Waals surface area contributed by atoms with Crippen molar-refractivity contribution in [3.63, 3.8) is 0 Å². The van der Waals surface area contributed by atoms with Gasteiger partial charge in [0, 0.05) is 36.6 Å². The average molecular weight is 728 g/mol. The minimum Gasteiger partial charge on any atom is -0.493 e. The van der Waals surface area contributed by atoms with Gasteiger partial charge in [-0.1, -0.05) is 128 Å².